The third-order valence-electron chi connectivity index (χ3n) is 4.67. The van der Waals surface area contributed by atoms with Gasteiger partial charge in [-0.25, -0.2) is 17.5 Å². The largest absolute Gasteiger partial charge is 0.494 e. The van der Waals surface area contributed by atoms with Gasteiger partial charge in [0.2, 0.25) is 10.0 Å². The molecule has 24 heavy (non-hydrogen) atoms. The molecule has 0 amide bonds. The van der Waals surface area contributed by atoms with Gasteiger partial charge in [0.25, 0.3) is 0 Å². The van der Waals surface area contributed by atoms with E-state index >= 15 is 0 Å². The summed E-state index contributed by atoms with van der Waals surface area (Å²) in [5.41, 5.74) is 0.0733. The Balaban J connectivity index is 2.17. The number of methoxy groups -OCH3 is 1. The number of nitrogens with one attached hydrogen (secondary N) is 1. The maximum Gasteiger partial charge on any atom is 0.240 e. The summed E-state index contributed by atoms with van der Waals surface area (Å²) in [6, 6.07) is 2.88. The molecule has 5 nitrogen and oxygen atoms in total. The molecule has 0 aliphatic carbocycles. The average Bonchev–Trinajstić information content (AvgIpc) is 3.03. The van der Waals surface area contributed by atoms with Gasteiger partial charge in [0.15, 0.2) is 11.6 Å². The smallest absolute Gasteiger partial charge is 0.240 e. The summed E-state index contributed by atoms with van der Waals surface area (Å²) in [6.07, 6.45) is 2.30. The minimum atomic E-state index is -3.77. The molecule has 1 aliphatic heterocycles. The number of ether oxygens (including phenoxy) is 1. The Bertz CT molecular complexity index is 671. The van der Waals surface area contributed by atoms with E-state index in [4.69, 9.17) is 4.74 Å². The number of halogens is 1. The van der Waals surface area contributed by atoms with E-state index in [1.54, 1.807) is 0 Å². The number of hydrogen-bond donors (Lipinski definition) is 1. The molecular weight excluding hydrogens is 331 g/mol. The van der Waals surface area contributed by atoms with Gasteiger partial charge in [-0.2, -0.15) is 0 Å². The summed E-state index contributed by atoms with van der Waals surface area (Å²) in [6.45, 7) is 7.96. The second-order valence-corrected chi connectivity index (χ2v) is 8.35. The van der Waals surface area contributed by atoms with Crippen LogP contribution < -0.4 is 9.46 Å². The predicted octanol–water partition coefficient (Wildman–Crippen LogP) is 2.54. The lowest BCUT2D eigenvalue weighted by atomic mass is 10.0. The molecule has 1 atom stereocenters. The van der Waals surface area contributed by atoms with Gasteiger partial charge in [-0.05, 0) is 50.9 Å². The van der Waals surface area contributed by atoms with Gasteiger partial charge in [-0.15, -0.1) is 0 Å². The zero-order valence-corrected chi connectivity index (χ0v) is 15.6. The molecule has 1 aromatic carbocycles. The summed E-state index contributed by atoms with van der Waals surface area (Å²) >= 11 is 0. The molecule has 136 valence electrons. The first-order valence-electron chi connectivity index (χ1n) is 8.34. The zero-order chi connectivity index (χ0) is 17.9. The lowest BCUT2D eigenvalue weighted by molar-refractivity contribution is 0.193. The minimum absolute atomic E-state index is 0.0373. The van der Waals surface area contributed by atoms with E-state index in [-0.39, 0.29) is 22.3 Å². The number of rotatable bonds is 7. The molecule has 1 heterocycles. The first-order valence-corrected chi connectivity index (χ1v) is 9.83. The molecule has 0 bridgehead atoms. The van der Waals surface area contributed by atoms with Crippen LogP contribution >= 0.6 is 0 Å². The Kier molecular flexibility index (Phi) is 6.22. The van der Waals surface area contributed by atoms with Crippen molar-refractivity contribution in [1.29, 1.82) is 0 Å². The fourth-order valence-electron chi connectivity index (χ4n) is 3.22. The second kappa shape index (κ2) is 7.80. The van der Waals surface area contributed by atoms with Crippen LogP contribution in [0.2, 0.25) is 0 Å². The fraction of sp³-hybridized carbons (Fsp3) is 0.647. The zero-order valence-electron chi connectivity index (χ0n) is 14.8. The van der Waals surface area contributed by atoms with Crippen molar-refractivity contribution in [2.24, 2.45) is 5.92 Å². The second-order valence-electron chi connectivity index (χ2n) is 6.61. The standard InChI is InChI=1S/C17H27FN2O3S/c1-12(2)14(20-9-5-6-10-20)11-19-24(21,22)16-8-7-15(23-4)17(18)13(16)3/h7-8,12,14,19H,5-6,9-11H2,1-4H3. The highest BCUT2D eigenvalue weighted by Gasteiger charge is 2.27. The molecule has 0 radical (unpaired) electrons. The Labute approximate surface area is 144 Å². The molecule has 2 rings (SSSR count). The van der Waals surface area contributed by atoms with Crippen LogP contribution in [0.3, 0.4) is 0 Å². The van der Waals surface area contributed by atoms with Crippen molar-refractivity contribution in [3.8, 4) is 5.75 Å². The quantitative estimate of drug-likeness (QED) is 0.814. The van der Waals surface area contributed by atoms with Crippen molar-refractivity contribution in [3.05, 3.63) is 23.5 Å². The molecule has 1 fully saturated rings. The maximum absolute atomic E-state index is 14.1. The van der Waals surface area contributed by atoms with Crippen molar-refractivity contribution in [3.63, 3.8) is 0 Å². The summed E-state index contributed by atoms with van der Waals surface area (Å²) in [5, 5.41) is 0. The van der Waals surface area contributed by atoms with Gasteiger partial charge in [-0.3, -0.25) is 4.90 Å². The van der Waals surface area contributed by atoms with Gasteiger partial charge >= 0.3 is 0 Å². The molecule has 1 unspecified atom stereocenters. The maximum atomic E-state index is 14.1. The summed E-state index contributed by atoms with van der Waals surface area (Å²) < 4.78 is 46.9. The van der Waals surface area contributed by atoms with Crippen LogP contribution in [0.5, 0.6) is 5.75 Å². The van der Waals surface area contributed by atoms with E-state index in [0.29, 0.717) is 12.5 Å². The summed E-state index contributed by atoms with van der Waals surface area (Å²) in [5.74, 6) is -0.261. The normalized spacial score (nSPS) is 17.4. The highest BCUT2D eigenvalue weighted by atomic mass is 32.2. The lowest BCUT2D eigenvalue weighted by Gasteiger charge is -2.31. The van der Waals surface area contributed by atoms with Crippen LogP contribution in [0, 0.1) is 18.7 Å². The highest BCUT2D eigenvalue weighted by molar-refractivity contribution is 7.89. The van der Waals surface area contributed by atoms with E-state index in [0.717, 1.165) is 25.9 Å². The van der Waals surface area contributed by atoms with E-state index < -0.39 is 15.8 Å². The monoisotopic (exact) mass is 358 g/mol. The number of likely N-dealkylation sites (tertiary alicyclic amines) is 1. The minimum Gasteiger partial charge on any atom is -0.494 e. The molecule has 1 aliphatic rings. The number of sulfonamides is 1. The molecule has 1 N–H and O–H groups in total. The van der Waals surface area contributed by atoms with Crippen molar-refractivity contribution in [1.82, 2.24) is 9.62 Å². The summed E-state index contributed by atoms with van der Waals surface area (Å²) in [4.78, 5) is 2.29. The number of benzene rings is 1. The Morgan fingerprint density at radius 1 is 1.29 bits per heavy atom. The average molecular weight is 358 g/mol. The molecule has 0 spiro atoms. The first-order chi connectivity index (χ1) is 11.3. The third kappa shape index (κ3) is 4.07. The van der Waals surface area contributed by atoms with Gasteiger partial charge < -0.3 is 4.74 Å². The van der Waals surface area contributed by atoms with Crippen LogP contribution in [0.15, 0.2) is 17.0 Å². The van der Waals surface area contributed by atoms with Crippen LogP contribution in [-0.4, -0.2) is 46.1 Å². The van der Waals surface area contributed by atoms with Crippen molar-refractivity contribution in [2.45, 2.75) is 44.6 Å². The molecule has 1 saturated heterocycles. The van der Waals surface area contributed by atoms with E-state index in [2.05, 4.69) is 23.5 Å². The van der Waals surface area contributed by atoms with Gasteiger partial charge in [-0.1, -0.05) is 13.8 Å². The van der Waals surface area contributed by atoms with E-state index in [1.165, 1.54) is 26.2 Å². The SMILES string of the molecule is COc1ccc(S(=O)(=O)NCC(C(C)C)N2CCCC2)c(C)c1F. The Hall–Kier alpha value is -1.18. The van der Waals surface area contributed by atoms with E-state index in [1.807, 2.05) is 0 Å². The van der Waals surface area contributed by atoms with Crippen molar-refractivity contribution in [2.75, 3.05) is 26.7 Å². The van der Waals surface area contributed by atoms with Crippen LogP contribution in [0.25, 0.3) is 0 Å². The Morgan fingerprint density at radius 3 is 2.46 bits per heavy atom. The van der Waals surface area contributed by atoms with Gasteiger partial charge in [0.1, 0.15) is 0 Å². The van der Waals surface area contributed by atoms with Crippen LogP contribution in [-0.2, 0) is 10.0 Å². The van der Waals surface area contributed by atoms with Crippen molar-refractivity contribution >= 4 is 10.0 Å². The number of hydrogen-bond acceptors (Lipinski definition) is 4. The van der Waals surface area contributed by atoms with Crippen LogP contribution in [0.1, 0.15) is 32.3 Å². The lowest BCUT2D eigenvalue weighted by Crippen LogP contribution is -2.45. The van der Waals surface area contributed by atoms with Gasteiger partial charge in [0, 0.05) is 18.2 Å². The third-order valence-corrected chi connectivity index (χ3v) is 6.24. The highest BCUT2D eigenvalue weighted by Crippen LogP contribution is 2.26. The fourth-order valence-corrected chi connectivity index (χ4v) is 4.51. The van der Waals surface area contributed by atoms with Crippen molar-refractivity contribution < 1.29 is 17.5 Å². The molecular formula is C17H27FN2O3S. The van der Waals surface area contributed by atoms with E-state index in [9.17, 15) is 12.8 Å². The number of nitrogens with zero attached hydrogens (tertiary/aromatic N) is 1. The Morgan fingerprint density at radius 2 is 1.92 bits per heavy atom. The molecule has 0 saturated carbocycles. The molecule has 1 aromatic rings. The topological polar surface area (TPSA) is 58.6 Å². The first kappa shape index (κ1) is 19.1. The molecule has 7 heteroatoms. The summed E-state index contributed by atoms with van der Waals surface area (Å²) in [7, 11) is -2.41. The van der Waals surface area contributed by atoms with Gasteiger partial charge in [0.05, 0.1) is 12.0 Å². The van der Waals surface area contributed by atoms with Crippen LogP contribution in [0.4, 0.5) is 4.39 Å². The predicted molar refractivity (Wildman–Crippen MR) is 92.3 cm³/mol. The molecule has 0 aromatic heterocycles.